The van der Waals surface area contributed by atoms with Gasteiger partial charge in [-0.3, -0.25) is 0 Å². The molecule has 1 aromatic heterocycles. The Morgan fingerprint density at radius 3 is 3.08 bits per heavy atom. The van der Waals surface area contributed by atoms with Crippen LogP contribution in [0.4, 0.5) is 5.88 Å². The molecule has 0 radical (unpaired) electrons. The Bertz CT molecular complexity index is 311. The van der Waals surface area contributed by atoms with E-state index in [0.717, 1.165) is 12.1 Å². The fourth-order valence-electron chi connectivity index (χ4n) is 1.22. The van der Waals surface area contributed by atoms with Crippen molar-refractivity contribution in [2.24, 2.45) is 0 Å². The Labute approximate surface area is 75.0 Å². The minimum atomic E-state index is 0.0289. The molecule has 0 amide bonds. The number of nitrogen functional groups attached to an aromatic ring is 1. The number of nitrogens with two attached hydrogens (primary N) is 1. The topological polar surface area (TPSA) is 52.0 Å². The number of hydrogen-bond acceptors (Lipinski definition) is 4. The maximum Gasteiger partial charge on any atom is 0.222 e. The van der Waals surface area contributed by atoms with Crippen molar-refractivity contribution in [3.05, 3.63) is 23.2 Å². The van der Waals surface area contributed by atoms with Gasteiger partial charge in [0, 0.05) is 6.07 Å². The van der Waals surface area contributed by atoms with Crippen molar-refractivity contribution in [1.82, 2.24) is 5.16 Å². The van der Waals surface area contributed by atoms with E-state index in [2.05, 4.69) is 23.6 Å². The molecule has 0 aliphatic carbocycles. The first-order valence-electron chi connectivity index (χ1n) is 3.76. The highest BCUT2D eigenvalue weighted by atomic mass is 32.2. The SMILES string of the molecule is CC1(c2cc(N)on2)CC=CS1. The molecule has 0 saturated heterocycles. The molecular weight excluding hydrogens is 172 g/mol. The average Bonchev–Trinajstić information content (AvgIpc) is 2.59. The predicted octanol–water partition coefficient (Wildman–Crippen LogP) is 2.12. The molecule has 0 fully saturated rings. The largest absolute Gasteiger partial charge is 0.368 e. The molecule has 1 aromatic rings. The molecule has 12 heavy (non-hydrogen) atoms. The lowest BCUT2D eigenvalue weighted by Crippen LogP contribution is -2.13. The Hall–Kier alpha value is -0.900. The second-order valence-electron chi connectivity index (χ2n) is 3.04. The van der Waals surface area contributed by atoms with Crippen molar-refractivity contribution in [2.45, 2.75) is 18.1 Å². The zero-order valence-corrected chi connectivity index (χ0v) is 7.60. The van der Waals surface area contributed by atoms with Gasteiger partial charge in [0.25, 0.3) is 0 Å². The molecule has 1 atom stereocenters. The monoisotopic (exact) mass is 182 g/mol. The average molecular weight is 182 g/mol. The number of hydrogen-bond donors (Lipinski definition) is 1. The first kappa shape index (κ1) is 7.73. The summed E-state index contributed by atoms with van der Waals surface area (Å²) in [6.07, 6.45) is 3.12. The van der Waals surface area contributed by atoms with Gasteiger partial charge in [0.1, 0.15) is 5.69 Å². The van der Waals surface area contributed by atoms with Gasteiger partial charge in [0.05, 0.1) is 4.75 Å². The molecule has 1 unspecified atom stereocenters. The minimum absolute atomic E-state index is 0.0289. The van der Waals surface area contributed by atoms with Crippen LogP contribution < -0.4 is 5.73 Å². The zero-order chi connectivity index (χ0) is 8.60. The second-order valence-corrected chi connectivity index (χ2v) is 4.45. The highest BCUT2D eigenvalue weighted by Gasteiger charge is 2.31. The zero-order valence-electron chi connectivity index (χ0n) is 6.78. The van der Waals surface area contributed by atoms with Gasteiger partial charge in [0.15, 0.2) is 0 Å². The van der Waals surface area contributed by atoms with Gasteiger partial charge in [-0.25, -0.2) is 0 Å². The minimum Gasteiger partial charge on any atom is -0.368 e. The van der Waals surface area contributed by atoms with Crippen LogP contribution in [0, 0.1) is 0 Å². The van der Waals surface area contributed by atoms with E-state index in [0.29, 0.717) is 5.88 Å². The number of anilines is 1. The van der Waals surface area contributed by atoms with E-state index in [-0.39, 0.29) is 4.75 Å². The van der Waals surface area contributed by atoms with Crippen molar-refractivity contribution < 1.29 is 4.52 Å². The quantitative estimate of drug-likeness (QED) is 0.722. The van der Waals surface area contributed by atoms with Gasteiger partial charge in [-0.2, -0.15) is 0 Å². The summed E-state index contributed by atoms with van der Waals surface area (Å²) in [5.41, 5.74) is 6.37. The van der Waals surface area contributed by atoms with Crippen LogP contribution in [0.2, 0.25) is 0 Å². The maximum absolute atomic E-state index is 5.45. The van der Waals surface area contributed by atoms with Crippen molar-refractivity contribution in [3.8, 4) is 0 Å². The van der Waals surface area contributed by atoms with Crippen LogP contribution in [0.25, 0.3) is 0 Å². The Balaban J connectivity index is 2.30. The number of thioether (sulfide) groups is 1. The Morgan fingerprint density at radius 2 is 2.58 bits per heavy atom. The van der Waals surface area contributed by atoms with Crippen molar-refractivity contribution in [2.75, 3.05) is 5.73 Å². The third-order valence-electron chi connectivity index (χ3n) is 2.00. The lowest BCUT2D eigenvalue weighted by atomic mass is 10.0. The Kier molecular flexibility index (Phi) is 1.65. The number of nitrogens with zero attached hydrogens (tertiary/aromatic N) is 1. The van der Waals surface area contributed by atoms with Crippen molar-refractivity contribution in [1.29, 1.82) is 0 Å². The number of allylic oxidation sites excluding steroid dienone is 1. The summed E-state index contributed by atoms with van der Waals surface area (Å²) >= 11 is 1.75. The summed E-state index contributed by atoms with van der Waals surface area (Å²) in [5, 5.41) is 6.00. The van der Waals surface area contributed by atoms with Gasteiger partial charge in [-0.05, 0) is 18.8 Å². The van der Waals surface area contributed by atoms with Gasteiger partial charge >= 0.3 is 0 Å². The van der Waals surface area contributed by atoms with Crippen LogP contribution in [0.1, 0.15) is 19.0 Å². The lowest BCUT2D eigenvalue weighted by Gasteiger charge is -2.18. The lowest BCUT2D eigenvalue weighted by molar-refractivity contribution is 0.418. The highest BCUT2D eigenvalue weighted by molar-refractivity contribution is 8.03. The van der Waals surface area contributed by atoms with E-state index in [1.54, 1.807) is 17.8 Å². The summed E-state index contributed by atoms with van der Waals surface area (Å²) in [5.74, 6) is 0.388. The van der Waals surface area contributed by atoms with Gasteiger partial charge in [0.2, 0.25) is 5.88 Å². The van der Waals surface area contributed by atoms with Gasteiger partial charge < -0.3 is 10.3 Å². The fourth-order valence-corrected chi connectivity index (χ4v) is 2.13. The molecule has 1 aliphatic heterocycles. The van der Waals surface area contributed by atoms with Crippen LogP contribution in [-0.4, -0.2) is 5.16 Å². The molecule has 2 heterocycles. The molecule has 2 N–H and O–H groups in total. The molecule has 64 valence electrons. The summed E-state index contributed by atoms with van der Waals surface area (Å²) in [6.45, 7) is 2.13. The molecule has 1 aliphatic rings. The number of rotatable bonds is 1. The molecule has 0 aromatic carbocycles. The first-order valence-corrected chi connectivity index (χ1v) is 4.64. The number of aromatic nitrogens is 1. The van der Waals surface area contributed by atoms with E-state index in [1.807, 2.05) is 0 Å². The van der Waals surface area contributed by atoms with E-state index in [9.17, 15) is 0 Å². The normalized spacial score (nSPS) is 28.1. The third-order valence-corrected chi connectivity index (χ3v) is 3.23. The predicted molar refractivity (Wildman–Crippen MR) is 49.6 cm³/mol. The van der Waals surface area contributed by atoms with E-state index >= 15 is 0 Å². The fraction of sp³-hybridized carbons (Fsp3) is 0.375. The van der Waals surface area contributed by atoms with Crippen molar-refractivity contribution in [3.63, 3.8) is 0 Å². The molecule has 3 nitrogen and oxygen atoms in total. The van der Waals surface area contributed by atoms with E-state index < -0.39 is 0 Å². The molecular formula is C8H10N2OS. The molecule has 0 bridgehead atoms. The van der Waals surface area contributed by atoms with E-state index in [4.69, 9.17) is 10.3 Å². The summed E-state index contributed by atoms with van der Waals surface area (Å²) in [7, 11) is 0. The van der Waals surface area contributed by atoms with Crippen LogP contribution in [-0.2, 0) is 4.75 Å². The first-order chi connectivity index (χ1) is 5.71. The van der Waals surface area contributed by atoms with Crippen LogP contribution in [0.15, 0.2) is 22.1 Å². The standard InChI is InChI=1S/C8H10N2OS/c1-8(3-2-4-12-8)6-5-7(9)11-10-6/h2,4-5H,3,9H2,1H3. The molecule has 2 rings (SSSR count). The van der Waals surface area contributed by atoms with Crippen LogP contribution in [0.3, 0.4) is 0 Å². The van der Waals surface area contributed by atoms with Crippen molar-refractivity contribution >= 4 is 17.6 Å². The maximum atomic E-state index is 5.45. The van der Waals surface area contributed by atoms with Gasteiger partial charge in [-0.15, -0.1) is 11.8 Å². The summed E-state index contributed by atoms with van der Waals surface area (Å²) < 4.78 is 4.86. The molecule has 0 saturated carbocycles. The highest BCUT2D eigenvalue weighted by Crippen LogP contribution is 2.44. The van der Waals surface area contributed by atoms with E-state index in [1.165, 1.54) is 0 Å². The van der Waals surface area contributed by atoms with Crippen LogP contribution in [0.5, 0.6) is 0 Å². The molecule has 0 spiro atoms. The smallest absolute Gasteiger partial charge is 0.222 e. The van der Waals surface area contributed by atoms with Crippen LogP contribution >= 0.6 is 11.8 Å². The van der Waals surface area contributed by atoms with Gasteiger partial charge in [-0.1, -0.05) is 11.2 Å². The second kappa shape index (κ2) is 2.55. The third kappa shape index (κ3) is 1.12. The summed E-state index contributed by atoms with van der Waals surface area (Å²) in [6, 6.07) is 1.79. The molecule has 4 heteroatoms. The Morgan fingerprint density at radius 1 is 1.75 bits per heavy atom. The summed E-state index contributed by atoms with van der Waals surface area (Å²) in [4.78, 5) is 0.